The lowest BCUT2D eigenvalue weighted by Crippen LogP contribution is -2.76. The van der Waals surface area contributed by atoms with E-state index in [0.717, 1.165) is 45.4 Å². The summed E-state index contributed by atoms with van der Waals surface area (Å²) in [4.78, 5) is 2.67. The number of nitrogens with zero attached hydrogens (tertiary/aromatic N) is 1. The Labute approximate surface area is 180 Å². The molecule has 0 amide bonds. The quantitative estimate of drug-likeness (QED) is 0.702. The van der Waals surface area contributed by atoms with Gasteiger partial charge in [-0.25, -0.2) is 0 Å². The molecule has 0 aromatic heterocycles. The molecule has 1 heterocycles. The second-order valence-electron chi connectivity index (χ2n) is 11.5. The topological polar surface area (TPSA) is 71.4 Å². The Kier molecular flexibility index (Phi) is 4.36. The van der Waals surface area contributed by atoms with Crippen molar-refractivity contribution in [3.63, 3.8) is 0 Å². The number of hydrogen-bond acceptors (Lipinski definition) is 6. The van der Waals surface area contributed by atoms with Crippen molar-refractivity contribution in [3.05, 3.63) is 0 Å². The van der Waals surface area contributed by atoms with Gasteiger partial charge < -0.3 is 24.4 Å². The number of rotatable bonds is 5. The summed E-state index contributed by atoms with van der Waals surface area (Å²) in [5, 5.41) is 23.8. The minimum atomic E-state index is -0.847. The molecule has 6 fully saturated rings. The van der Waals surface area contributed by atoms with E-state index >= 15 is 0 Å². The number of piperidine rings is 1. The van der Waals surface area contributed by atoms with E-state index in [0.29, 0.717) is 18.4 Å². The Morgan fingerprint density at radius 1 is 1.10 bits per heavy atom. The van der Waals surface area contributed by atoms with Gasteiger partial charge in [0.1, 0.15) is 0 Å². The molecular weight excluding hydrogens is 382 g/mol. The third kappa shape index (κ3) is 2.00. The lowest BCUT2D eigenvalue weighted by Gasteiger charge is -2.69. The molecule has 6 heteroatoms. The highest BCUT2D eigenvalue weighted by Gasteiger charge is 2.83. The molecule has 6 rings (SSSR count). The molecule has 6 nitrogen and oxygen atoms in total. The van der Waals surface area contributed by atoms with Gasteiger partial charge in [0.2, 0.25) is 0 Å². The summed E-state index contributed by atoms with van der Waals surface area (Å²) in [5.74, 6) is 1.03. The van der Waals surface area contributed by atoms with Gasteiger partial charge in [0, 0.05) is 68.9 Å². The van der Waals surface area contributed by atoms with Crippen LogP contribution in [0.1, 0.15) is 39.0 Å². The van der Waals surface area contributed by atoms with Crippen LogP contribution in [0.5, 0.6) is 0 Å². The lowest BCUT2D eigenvalue weighted by molar-refractivity contribution is -0.276. The summed E-state index contributed by atoms with van der Waals surface area (Å²) in [7, 11) is 5.48. The lowest BCUT2D eigenvalue weighted by atomic mass is 9.43. The van der Waals surface area contributed by atoms with Crippen molar-refractivity contribution in [2.24, 2.45) is 40.4 Å². The van der Waals surface area contributed by atoms with E-state index in [1.165, 1.54) is 0 Å². The number of hydrogen-bond donors (Lipinski definition) is 2. The number of aliphatic hydroxyl groups is 2. The highest BCUT2D eigenvalue weighted by molar-refractivity contribution is 5.33. The predicted octanol–water partition coefficient (Wildman–Crippen LogP) is 1.53. The van der Waals surface area contributed by atoms with Crippen LogP contribution in [0.4, 0.5) is 0 Å². The summed E-state index contributed by atoms with van der Waals surface area (Å²) in [6.07, 6.45) is 4.52. The van der Waals surface area contributed by atoms with Crippen molar-refractivity contribution in [1.29, 1.82) is 0 Å². The van der Waals surface area contributed by atoms with Crippen molar-refractivity contribution in [3.8, 4) is 0 Å². The van der Waals surface area contributed by atoms with Gasteiger partial charge in [-0.15, -0.1) is 0 Å². The summed E-state index contributed by atoms with van der Waals surface area (Å²) in [6.45, 7) is 5.11. The number of methoxy groups -OCH3 is 3. The van der Waals surface area contributed by atoms with Crippen LogP contribution >= 0.6 is 0 Å². The Hall–Kier alpha value is -0.240. The van der Waals surface area contributed by atoms with Gasteiger partial charge in [0.05, 0.1) is 30.5 Å². The van der Waals surface area contributed by atoms with Crippen molar-refractivity contribution >= 4 is 0 Å². The van der Waals surface area contributed by atoms with Gasteiger partial charge >= 0.3 is 0 Å². The summed E-state index contributed by atoms with van der Waals surface area (Å²) < 4.78 is 18.0. The Bertz CT molecular complexity index is 720. The molecule has 0 aromatic rings. The average molecular weight is 422 g/mol. The van der Waals surface area contributed by atoms with Crippen LogP contribution < -0.4 is 0 Å². The first-order valence-corrected chi connectivity index (χ1v) is 12.1. The van der Waals surface area contributed by atoms with Crippen LogP contribution in [0.25, 0.3) is 0 Å². The molecule has 1 spiro atoms. The van der Waals surface area contributed by atoms with Gasteiger partial charge in [0.25, 0.3) is 0 Å². The SMILES string of the molecule is CCN1C[C@@]2(COC)CC[C@H](OC)[C@]34[C@@H]5C[C@H]6[C@H](O)[C@@H]5[C@@](O)(C[C@@H]6OC)[C@@H](C[C@H]23)[C@@H]14. The average Bonchev–Trinajstić information content (AvgIpc) is 3.15. The standard InChI is InChI=1S/C24H39NO5/c1-5-25-11-22(12-28-2)7-6-18(30-4)24-14-8-13-16(29-3)10-23(27,19(14)20(13)26)15(21(24)25)9-17(22)24/h13-21,26-27H,5-12H2,1-4H3/t13-,14-,15+,16+,17-,18+,19-,20+,21-,22-,23-,24+/m1/s1. The molecule has 5 saturated carbocycles. The number of likely N-dealkylation sites (tertiary alicyclic amines) is 1. The summed E-state index contributed by atoms with van der Waals surface area (Å²) in [6, 6.07) is 0.329. The molecule has 5 aliphatic carbocycles. The van der Waals surface area contributed by atoms with Gasteiger partial charge in [-0.3, -0.25) is 4.90 Å². The second kappa shape index (κ2) is 6.42. The minimum Gasteiger partial charge on any atom is -0.392 e. The Morgan fingerprint density at radius 3 is 2.57 bits per heavy atom. The zero-order chi connectivity index (χ0) is 21.1. The number of aliphatic hydroxyl groups excluding tert-OH is 1. The second-order valence-corrected chi connectivity index (χ2v) is 11.5. The van der Waals surface area contributed by atoms with Gasteiger partial charge in [-0.05, 0) is 44.1 Å². The largest absolute Gasteiger partial charge is 0.392 e. The molecule has 0 radical (unpaired) electrons. The predicted molar refractivity (Wildman–Crippen MR) is 111 cm³/mol. The van der Waals surface area contributed by atoms with Crippen molar-refractivity contribution < 1.29 is 24.4 Å². The molecule has 7 bridgehead atoms. The van der Waals surface area contributed by atoms with Crippen LogP contribution in [0.2, 0.25) is 0 Å². The van der Waals surface area contributed by atoms with E-state index < -0.39 is 11.7 Å². The first kappa shape index (κ1) is 20.4. The normalized spacial score (nSPS) is 60.8. The number of fused-ring (bicyclic) bond motifs is 2. The zero-order valence-corrected chi connectivity index (χ0v) is 18.9. The van der Waals surface area contributed by atoms with Gasteiger partial charge in [-0.2, -0.15) is 0 Å². The van der Waals surface area contributed by atoms with E-state index in [2.05, 4.69) is 11.8 Å². The fourth-order valence-electron chi connectivity index (χ4n) is 10.7. The molecule has 0 aromatic carbocycles. The smallest absolute Gasteiger partial charge is 0.0771 e. The maximum absolute atomic E-state index is 12.4. The molecule has 30 heavy (non-hydrogen) atoms. The Balaban J connectivity index is 1.58. The fraction of sp³-hybridized carbons (Fsp3) is 1.00. The first-order valence-electron chi connectivity index (χ1n) is 12.1. The van der Waals surface area contributed by atoms with Crippen LogP contribution in [0.3, 0.4) is 0 Å². The van der Waals surface area contributed by atoms with E-state index in [1.807, 2.05) is 14.2 Å². The molecular formula is C24H39NO5. The van der Waals surface area contributed by atoms with E-state index in [1.54, 1.807) is 7.11 Å². The minimum absolute atomic E-state index is 0.000283. The van der Waals surface area contributed by atoms with Crippen LogP contribution in [-0.2, 0) is 14.2 Å². The maximum Gasteiger partial charge on any atom is 0.0771 e. The third-order valence-electron chi connectivity index (χ3n) is 11.2. The Morgan fingerprint density at radius 2 is 1.90 bits per heavy atom. The molecule has 1 aliphatic heterocycles. The number of ether oxygens (including phenoxy) is 3. The van der Waals surface area contributed by atoms with Crippen molar-refractivity contribution in [2.75, 3.05) is 41.0 Å². The van der Waals surface area contributed by atoms with Gasteiger partial charge in [-0.1, -0.05) is 6.92 Å². The van der Waals surface area contributed by atoms with E-state index in [-0.39, 0.29) is 46.7 Å². The fourth-order valence-corrected chi connectivity index (χ4v) is 10.7. The zero-order valence-electron chi connectivity index (χ0n) is 18.9. The van der Waals surface area contributed by atoms with E-state index in [9.17, 15) is 10.2 Å². The summed E-state index contributed by atoms with van der Waals surface area (Å²) >= 11 is 0. The molecule has 6 aliphatic rings. The van der Waals surface area contributed by atoms with Crippen LogP contribution in [0.15, 0.2) is 0 Å². The van der Waals surface area contributed by atoms with E-state index in [4.69, 9.17) is 14.2 Å². The highest BCUT2D eigenvalue weighted by atomic mass is 16.5. The van der Waals surface area contributed by atoms with Gasteiger partial charge in [0.15, 0.2) is 0 Å². The molecule has 2 N–H and O–H groups in total. The van der Waals surface area contributed by atoms with Crippen LogP contribution in [-0.4, -0.2) is 86.1 Å². The molecule has 12 atom stereocenters. The monoisotopic (exact) mass is 421 g/mol. The van der Waals surface area contributed by atoms with Crippen molar-refractivity contribution in [2.45, 2.75) is 69.0 Å². The van der Waals surface area contributed by atoms with Crippen LogP contribution in [0, 0.1) is 40.4 Å². The van der Waals surface area contributed by atoms with Crippen molar-refractivity contribution in [1.82, 2.24) is 4.90 Å². The maximum atomic E-state index is 12.4. The highest BCUT2D eigenvalue weighted by Crippen LogP contribution is 2.79. The summed E-state index contributed by atoms with van der Waals surface area (Å²) in [5.41, 5.74) is -0.719. The first-order chi connectivity index (χ1) is 14.4. The third-order valence-corrected chi connectivity index (χ3v) is 11.2. The molecule has 1 saturated heterocycles. The molecule has 0 unspecified atom stereocenters. The molecule has 170 valence electrons.